The molecule has 1 aliphatic rings. The predicted octanol–water partition coefficient (Wildman–Crippen LogP) is 2.95. The maximum Gasteiger partial charge on any atom is 0.291 e. The number of fused-ring (bicyclic) bond motifs is 5. The fourth-order valence-corrected chi connectivity index (χ4v) is 2.32. The second kappa shape index (κ2) is 4.14. The van der Waals surface area contributed by atoms with Crippen LogP contribution in [-0.2, 0) is 0 Å². The first-order chi connectivity index (χ1) is 10.2. The van der Waals surface area contributed by atoms with E-state index in [0.717, 1.165) is 11.3 Å². The van der Waals surface area contributed by atoms with Gasteiger partial charge in [-0.3, -0.25) is 10.1 Å². The van der Waals surface area contributed by atoms with Gasteiger partial charge in [0.2, 0.25) is 0 Å². The number of pyridine rings is 1. The number of nitrogens with zero attached hydrogens (tertiary/aromatic N) is 4. The molecule has 0 unspecified atom stereocenters. The second-order valence-corrected chi connectivity index (χ2v) is 4.50. The van der Waals surface area contributed by atoms with E-state index in [1.165, 1.54) is 12.3 Å². The van der Waals surface area contributed by atoms with Crippen LogP contribution in [0.2, 0.25) is 0 Å². The monoisotopic (exact) mass is 280 g/mol. The Labute approximate surface area is 118 Å². The zero-order chi connectivity index (χ0) is 14.4. The van der Waals surface area contributed by atoms with Crippen molar-refractivity contribution >= 4 is 5.69 Å². The summed E-state index contributed by atoms with van der Waals surface area (Å²) >= 11 is 0. The van der Waals surface area contributed by atoms with Gasteiger partial charge in [0.05, 0.1) is 22.9 Å². The summed E-state index contributed by atoms with van der Waals surface area (Å²) in [5, 5.41) is 15.1. The van der Waals surface area contributed by atoms with E-state index in [4.69, 9.17) is 4.74 Å². The molecule has 0 atom stereocenters. The minimum absolute atomic E-state index is 0.123. The number of nitro groups is 1. The summed E-state index contributed by atoms with van der Waals surface area (Å²) in [5.74, 6) is 1.34. The Balaban J connectivity index is 2.03. The van der Waals surface area contributed by atoms with Crippen LogP contribution in [0.5, 0.6) is 11.5 Å². The van der Waals surface area contributed by atoms with E-state index < -0.39 is 4.92 Å². The number of aromatic nitrogens is 3. The van der Waals surface area contributed by atoms with Crippen molar-refractivity contribution in [3.05, 3.63) is 58.9 Å². The summed E-state index contributed by atoms with van der Waals surface area (Å²) in [6, 6.07) is 10.7. The van der Waals surface area contributed by atoms with E-state index in [1.54, 1.807) is 16.9 Å². The molecular formula is C14H8N4O3. The van der Waals surface area contributed by atoms with Crippen LogP contribution < -0.4 is 4.74 Å². The van der Waals surface area contributed by atoms with Gasteiger partial charge in [-0.05, 0) is 18.2 Å². The maximum absolute atomic E-state index is 10.9. The van der Waals surface area contributed by atoms with E-state index in [-0.39, 0.29) is 5.69 Å². The summed E-state index contributed by atoms with van der Waals surface area (Å²) in [7, 11) is 0. The third-order valence-electron chi connectivity index (χ3n) is 3.26. The van der Waals surface area contributed by atoms with Crippen LogP contribution in [0, 0.1) is 10.1 Å². The van der Waals surface area contributed by atoms with Crippen LogP contribution in [-0.4, -0.2) is 19.7 Å². The van der Waals surface area contributed by atoms with Crippen molar-refractivity contribution in [2.45, 2.75) is 0 Å². The smallest absolute Gasteiger partial charge is 0.291 e. The van der Waals surface area contributed by atoms with Crippen LogP contribution >= 0.6 is 0 Å². The first-order valence-corrected chi connectivity index (χ1v) is 6.20. The molecule has 21 heavy (non-hydrogen) atoms. The van der Waals surface area contributed by atoms with Gasteiger partial charge in [0.15, 0.2) is 11.6 Å². The molecule has 0 bridgehead atoms. The van der Waals surface area contributed by atoms with Gasteiger partial charge in [0, 0.05) is 5.56 Å². The maximum atomic E-state index is 10.9. The Hall–Kier alpha value is -3.22. The first kappa shape index (κ1) is 11.6. The summed E-state index contributed by atoms with van der Waals surface area (Å²) in [6.07, 6.45) is 2.86. The highest BCUT2D eigenvalue weighted by atomic mass is 16.6. The molecule has 3 heterocycles. The van der Waals surface area contributed by atoms with Gasteiger partial charge >= 0.3 is 0 Å². The lowest BCUT2D eigenvalue weighted by Crippen LogP contribution is -2.02. The number of ether oxygens (including phenoxy) is 1. The number of para-hydroxylation sites is 1. The predicted molar refractivity (Wildman–Crippen MR) is 73.5 cm³/mol. The Kier molecular flexibility index (Phi) is 2.28. The summed E-state index contributed by atoms with van der Waals surface area (Å²) in [5.41, 5.74) is 1.56. The molecule has 0 saturated heterocycles. The molecular weight excluding hydrogens is 272 g/mol. The Bertz CT molecular complexity index is 872. The molecule has 1 aliphatic heterocycles. The largest absolute Gasteiger partial charge is 0.452 e. The van der Waals surface area contributed by atoms with Crippen molar-refractivity contribution in [1.82, 2.24) is 14.8 Å². The standard InChI is InChI=1S/C14H8N4O3/c19-18(20)9-7-13-14(15-8-9)17-11(5-6-16-17)10-3-1-2-4-12(10)21-13/h1-8H. The molecule has 7 heteroatoms. The topological polar surface area (TPSA) is 83.1 Å². The normalized spacial score (nSPS) is 11.6. The highest BCUT2D eigenvalue weighted by Gasteiger charge is 2.23. The van der Waals surface area contributed by atoms with Crippen LogP contribution in [0.3, 0.4) is 0 Å². The van der Waals surface area contributed by atoms with Crippen LogP contribution in [0.1, 0.15) is 0 Å². The van der Waals surface area contributed by atoms with Gasteiger partial charge in [-0.25, -0.2) is 9.67 Å². The molecule has 1 aromatic carbocycles. The van der Waals surface area contributed by atoms with E-state index in [9.17, 15) is 10.1 Å². The Morgan fingerprint density at radius 2 is 2.05 bits per heavy atom. The number of hydrogen-bond donors (Lipinski definition) is 0. The van der Waals surface area contributed by atoms with Crippen molar-refractivity contribution in [2.24, 2.45) is 0 Å². The van der Waals surface area contributed by atoms with Gasteiger partial charge in [-0.15, -0.1) is 0 Å². The van der Waals surface area contributed by atoms with E-state index >= 15 is 0 Å². The zero-order valence-electron chi connectivity index (χ0n) is 10.6. The molecule has 0 N–H and O–H groups in total. The van der Waals surface area contributed by atoms with E-state index in [1.807, 2.05) is 24.3 Å². The van der Waals surface area contributed by atoms with Crippen LogP contribution in [0.25, 0.3) is 17.1 Å². The molecule has 0 fully saturated rings. The van der Waals surface area contributed by atoms with Crippen LogP contribution in [0.4, 0.5) is 5.69 Å². The SMILES string of the molecule is O=[N+]([O-])c1cnc2c(c1)Oc1ccccc1-c1ccnn1-2. The average Bonchev–Trinajstić information content (AvgIpc) is 2.92. The first-order valence-electron chi connectivity index (χ1n) is 6.20. The molecule has 3 aromatic rings. The van der Waals surface area contributed by atoms with Crippen LogP contribution in [0.15, 0.2) is 48.8 Å². The van der Waals surface area contributed by atoms with Gasteiger partial charge in [0.1, 0.15) is 11.9 Å². The van der Waals surface area contributed by atoms with Gasteiger partial charge in [-0.2, -0.15) is 5.10 Å². The van der Waals surface area contributed by atoms with E-state index in [0.29, 0.717) is 17.3 Å². The summed E-state index contributed by atoms with van der Waals surface area (Å²) in [4.78, 5) is 14.5. The van der Waals surface area contributed by atoms with E-state index in [2.05, 4.69) is 10.1 Å². The van der Waals surface area contributed by atoms with Crippen molar-refractivity contribution in [1.29, 1.82) is 0 Å². The average molecular weight is 280 g/mol. The number of rotatable bonds is 1. The minimum Gasteiger partial charge on any atom is -0.452 e. The molecule has 0 aliphatic carbocycles. The van der Waals surface area contributed by atoms with Crippen molar-refractivity contribution in [3.63, 3.8) is 0 Å². The fourth-order valence-electron chi connectivity index (χ4n) is 2.32. The Morgan fingerprint density at radius 1 is 1.19 bits per heavy atom. The lowest BCUT2D eigenvalue weighted by atomic mass is 10.1. The molecule has 0 radical (unpaired) electrons. The molecule has 0 saturated carbocycles. The van der Waals surface area contributed by atoms with Crippen molar-refractivity contribution in [3.8, 4) is 28.6 Å². The zero-order valence-corrected chi connectivity index (χ0v) is 10.6. The van der Waals surface area contributed by atoms with Crippen molar-refractivity contribution < 1.29 is 9.66 Å². The fraction of sp³-hybridized carbons (Fsp3) is 0. The third-order valence-corrected chi connectivity index (χ3v) is 3.26. The molecule has 0 spiro atoms. The molecule has 2 aromatic heterocycles. The quantitative estimate of drug-likeness (QED) is 0.395. The Morgan fingerprint density at radius 3 is 2.90 bits per heavy atom. The lowest BCUT2D eigenvalue weighted by Gasteiger charge is -2.07. The number of benzene rings is 1. The number of hydrogen-bond acceptors (Lipinski definition) is 5. The van der Waals surface area contributed by atoms with Gasteiger partial charge in [-0.1, -0.05) is 12.1 Å². The lowest BCUT2D eigenvalue weighted by molar-refractivity contribution is -0.385. The molecule has 0 amide bonds. The van der Waals surface area contributed by atoms with Gasteiger partial charge in [0.25, 0.3) is 5.69 Å². The minimum atomic E-state index is -0.503. The van der Waals surface area contributed by atoms with Gasteiger partial charge < -0.3 is 4.74 Å². The second-order valence-electron chi connectivity index (χ2n) is 4.50. The molecule has 7 nitrogen and oxygen atoms in total. The third kappa shape index (κ3) is 1.68. The molecule has 102 valence electrons. The van der Waals surface area contributed by atoms with Crippen molar-refractivity contribution in [2.75, 3.05) is 0 Å². The summed E-state index contributed by atoms with van der Waals surface area (Å²) in [6.45, 7) is 0. The highest BCUT2D eigenvalue weighted by molar-refractivity contribution is 5.72. The highest BCUT2D eigenvalue weighted by Crippen LogP contribution is 2.40. The molecule has 4 rings (SSSR count). The summed E-state index contributed by atoms with van der Waals surface area (Å²) < 4.78 is 7.42.